The standard InChI is InChI=1S/C15H24N2O3/c1-3-13(18)17-8-5-15(20,6-9-17)4-7-16-14(19)12-10-11(12)2/h3,11-12,20H,1,4-10H2,2H3,(H,16,19)/t11-,12-/m0/s1. The summed E-state index contributed by atoms with van der Waals surface area (Å²) in [6, 6.07) is 0. The molecule has 0 bridgehead atoms. The van der Waals surface area contributed by atoms with Crippen LogP contribution in [0.1, 0.15) is 32.6 Å². The second-order valence-corrected chi connectivity index (χ2v) is 6.11. The minimum Gasteiger partial charge on any atom is -0.390 e. The minimum atomic E-state index is -0.763. The number of likely N-dealkylation sites (tertiary alicyclic amines) is 1. The Labute approximate surface area is 120 Å². The predicted molar refractivity (Wildman–Crippen MR) is 75.9 cm³/mol. The molecule has 0 radical (unpaired) electrons. The van der Waals surface area contributed by atoms with Gasteiger partial charge in [-0.3, -0.25) is 9.59 Å². The molecule has 0 aromatic rings. The van der Waals surface area contributed by atoms with Crippen LogP contribution in [-0.4, -0.2) is 47.1 Å². The van der Waals surface area contributed by atoms with Gasteiger partial charge in [0, 0.05) is 25.6 Å². The largest absolute Gasteiger partial charge is 0.390 e. The van der Waals surface area contributed by atoms with Gasteiger partial charge in [-0.2, -0.15) is 0 Å². The van der Waals surface area contributed by atoms with Crippen molar-refractivity contribution in [1.82, 2.24) is 10.2 Å². The highest BCUT2D eigenvalue weighted by Gasteiger charge is 2.39. The normalized spacial score (nSPS) is 27.8. The average molecular weight is 280 g/mol. The summed E-state index contributed by atoms with van der Waals surface area (Å²) in [5, 5.41) is 13.3. The molecule has 2 amide bonds. The summed E-state index contributed by atoms with van der Waals surface area (Å²) >= 11 is 0. The number of piperidine rings is 1. The maximum Gasteiger partial charge on any atom is 0.245 e. The van der Waals surface area contributed by atoms with E-state index < -0.39 is 5.60 Å². The number of carbonyl (C=O) groups is 2. The first-order valence-electron chi connectivity index (χ1n) is 7.36. The van der Waals surface area contributed by atoms with Crippen molar-refractivity contribution in [3.05, 3.63) is 12.7 Å². The van der Waals surface area contributed by atoms with E-state index in [-0.39, 0.29) is 17.7 Å². The molecule has 1 aliphatic carbocycles. The van der Waals surface area contributed by atoms with Crippen molar-refractivity contribution in [2.45, 2.75) is 38.2 Å². The summed E-state index contributed by atoms with van der Waals surface area (Å²) in [5.74, 6) is 0.714. The van der Waals surface area contributed by atoms with E-state index in [1.807, 2.05) is 0 Å². The second-order valence-electron chi connectivity index (χ2n) is 6.11. The topological polar surface area (TPSA) is 69.6 Å². The molecule has 0 unspecified atom stereocenters. The number of amides is 2. The third-order valence-electron chi connectivity index (χ3n) is 4.52. The molecule has 20 heavy (non-hydrogen) atoms. The van der Waals surface area contributed by atoms with Gasteiger partial charge in [0.15, 0.2) is 0 Å². The molecule has 0 spiro atoms. The van der Waals surface area contributed by atoms with Crippen LogP contribution in [0.25, 0.3) is 0 Å². The third-order valence-corrected chi connectivity index (χ3v) is 4.52. The van der Waals surface area contributed by atoms with Gasteiger partial charge in [0.2, 0.25) is 11.8 Å². The number of hydrogen-bond acceptors (Lipinski definition) is 3. The first-order chi connectivity index (χ1) is 9.45. The first-order valence-corrected chi connectivity index (χ1v) is 7.36. The van der Waals surface area contributed by atoms with E-state index in [1.165, 1.54) is 6.08 Å². The highest BCUT2D eigenvalue weighted by molar-refractivity contribution is 5.87. The molecule has 1 heterocycles. The summed E-state index contributed by atoms with van der Waals surface area (Å²) < 4.78 is 0. The van der Waals surface area contributed by atoms with Crippen molar-refractivity contribution in [1.29, 1.82) is 0 Å². The highest BCUT2D eigenvalue weighted by atomic mass is 16.3. The Balaban J connectivity index is 1.69. The Hall–Kier alpha value is -1.36. The second kappa shape index (κ2) is 5.95. The molecule has 1 aliphatic heterocycles. The van der Waals surface area contributed by atoms with Crippen LogP contribution in [0.15, 0.2) is 12.7 Å². The highest BCUT2D eigenvalue weighted by Crippen LogP contribution is 2.37. The van der Waals surface area contributed by atoms with Gasteiger partial charge in [-0.1, -0.05) is 13.5 Å². The SMILES string of the molecule is C=CC(=O)N1CCC(O)(CCNC(=O)[C@H]2C[C@@H]2C)CC1. The molecular weight excluding hydrogens is 256 g/mol. The monoisotopic (exact) mass is 280 g/mol. The van der Waals surface area contributed by atoms with Gasteiger partial charge in [0.05, 0.1) is 5.60 Å². The number of carbonyl (C=O) groups excluding carboxylic acids is 2. The summed E-state index contributed by atoms with van der Waals surface area (Å²) in [4.78, 5) is 24.8. The lowest BCUT2D eigenvalue weighted by Crippen LogP contribution is -2.47. The van der Waals surface area contributed by atoms with E-state index in [0.29, 0.717) is 44.8 Å². The summed E-state index contributed by atoms with van der Waals surface area (Å²) in [6.07, 6.45) is 3.96. The fraction of sp³-hybridized carbons (Fsp3) is 0.733. The van der Waals surface area contributed by atoms with Crippen molar-refractivity contribution in [2.24, 2.45) is 11.8 Å². The van der Waals surface area contributed by atoms with Crippen LogP contribution in [0.2, 0.25) is 0 Å². The molecule has 2 N–H and O–H groups in total. The van der Waals surface area contributed by atoms with Gasteiger partial charge >= 0.3 is 0 Å². The Bertz CT molecular complexity index is 400. The summed E-state index contributed by atoms with van der Waals surface area (Å²) in [7, 11) is 0. The van der Waals surface area contributed by atoms with Gasteiger partial charge in [-0.25, -0.2) is 0 Å². The van der Waals surface area contributed by atoms with Crippen molar-refractivity contribution >= 4 is 11.8 Å². The lowest BCUT2D eigenvalue weighted by Gasteiger charge is -2.38. The number of hydrogen-bond donors (Lipinski definition) is 2. The van der Waals surface area contributed by atoms with Crippen molar-refractivity contribution in [3.8, 4) is 0 Å². The lowest BCUT2D eigenvalue weighted by molar-refractivity contribution is -0.130. The van der Waals surface area contributed by atoms with E-state index in [4.69, 9.17) is 0 Å². The molecule has 5 nitrogen and oxygen atoms in total. The van der Waals surface area contributed by atoms with E-state index >= 15 is 0 Å². The van der Waals surface area contributed by atoms with Crippen LogP contribution in [-0.2, 0) is 9.59 Å². The molecule has 2 rings (SSSR count). The van der Waals surface area contributed by atoms with E-state index in [9.17, 15) is 14.7 Å². The minimum absolute atomic E-state index is 0.0805. The van der Waals surface area contributed by atoms with Gasteiger partial charge in [0.25, 0.3) is 0 Å². The zero-order valence-corrected chi connectivity index (χ0v) is 12.1. The van der Waals surface area contributed by atoms with Crippen LogP contribution < -0.4 is 5.32 Å². The van der Waals surface area contributed by atoms with Crippen molar-refractivity contribution in [2.75, 3.05) is 19.6 Å². The molecule has 2 atom stereocenters. The van der Waals surface area contributed by atoms with E-state index in [2.05, 4.69) is 18.8 Å². The predicted octanol–water partition coefficient (Wildman–Crippen LogP) is 0.688. The van der Waals surface area contributed by atoms with Gasteiger partial charge in [-0.15, -0.1) is 0 Å². The quantitative estimate of drug-likeness (QED) is 0.728. The van der Waals surface area contributed by atoms with Crippen LogP contribution in [0.4, 0.5) is 0 Å². The van der Waals surface area contributed by atoms with E-state index in [1.54, 1.807) is 4.90 Å². The zero-order valence-electron chi connectivity index (χ0n) is 12.1. The Morgan fingerprint density at radius 1 is 1.45 bits per heavy atom. The lowest BCUT2D eigenvalue weighted by atomic mass is 9.88. The fourth-order valence-corrected chi connectivity index (χ4v) is 2.76. The fourth-order valence-electron chi connectivity index (χ4n) is 2.76. The third kappa shape index (κ3) is 3.60. The maximum atomic E-state index is 11.7. The number of nitrogens with zero attached hydrogens (tertiary/aromatic N) is 1. The summed E-state index contributed by atoms with van der Waals surface area (Å²) in [6.45, 7) is 7.15. The van der Waals surface area contributed by atoms with Crippen LogP contribution in [0.3, 0.4) is 0 Å². The van der Waals surface area contributed by atoms with Gasteiger partial charge in [-0.05, 0) is 37.7 Å². The van der Waals surface area contributed by atoms with Crippen molar-refractivity contribution < 1.29 is 14.7 Å². The first kappa shape index (κ1) is 15.0. The van der Waals surface area contributed by atoms with Crippen LogP contribution in [0.5, 0.6) is 0 Å². The smallest absolute Gasteiger partial charge is 0.245 e. The molecule has 0 aromatic carbocycles. The molecule has 1 saturated heterocycles. The van der Waals surface area contributed by atoms with Crippen molar-refractivity contribution in [3.63, 3.8) is 0 Å². The van der Waals surface area contributed by atoms with E-state index in [0.717, 1.165) is 6.42 Å². The molecule has 5 heteroatoms. The molecule has 112 valence electrons. The summed E-state index contributed by atoms with van der Waals surface area (Å²) in [5.41, 5.74) is -0.763. The number of rotatable bonds is 5. The Morgan fingerprint density at radius 2 is 2.05 bits per heavy atom. The maximum absolute atomic E-state index is 11.7. The Morgan fingerprint density at radius 3 is 2.55 bits per heavy atom. The number of nitrogens with one attached hydrogen (secondary N) is 1. The molecular formula is C15H24N2O3. The molecule has 1 saturated carbocycles. The van der Waals surface area contributed by atoms with Gasteiger partial charge < -0.3 is 15.3 Å². The molecule has 2 aliphatic rings. The molecule has 0 aromatic heterocycles. The number of aliphatic hydroxyl groups is 1. The molecule has 2 fully saturated rings. The van der Waals surface area contributed by atoms with Crippen LogP contribution in [0, 0.1) is 11.8 Å². The van der Waals surface area contributed by atoms with Gasteiger partial charge in [0.1, 0.15) is 0 Å². The Kier molecular flexibility index (Phi) is 4.48. The van der Waals surface area contributed by atoms with Crippen LogP contribution >= 0.6 is 0 Å². The zero-order chi connectivity index (χ0) is 14.8. The average Bonchev–Trinajstić information content (AvgIpc) is 3.16.